The van der Waals surface area contributed by atoms with Crippen molar-refractivity contribution in [3.8, 4) is 0 Å². The molecule has 1 aliphatic rings. The topological polar surface area (TPSA) is 43.1 Å². The Bertz CT molecular complexity index is 512. The molecule has 1 aromatic heterocycles. The van der Waals surface area contributed by atoms with Crippen molar-refractivity contribution in [2.24, 2.45) is 0 Å². The molecule has 0 N–H and O–H groups in total. The molecule has 0 unspecified atom stereocenters. The molecule has 0 radical (unpaired) electrons. The van der Waals surface area contributed by atoms with Crippen molar-refractivity contribution in [1.82, 2.24) is 5.16 Å². The molecule has 3 heteroatoms. The predicted octanol–water partition coefficient (Wildman–Crippen LogP) is 2.78. The number of carbonyl (C=O) groups is 1. The summed E-state index contributed by atoms with van der Waals surface area (Å²) in [6.45, 7) is 0. The summed E-state index contributed by atoms with van der Waals surface area (Å²) < 4.78 is 5.16. The quantitative estimate of drug-likeness (QED) is 0.736. The molecule has 80 valence electrons. The standard InChI is InChI=1S/C13H11NO2/c15-12(9-4-2-1-3-5-9)11-8-14-16-13(11)10-6-7-10/h1-5,8,10H,6-7H2. The fraction of sp³-hybridized carbons (Fsp3) is 0.231. The van der Waals surface area contributed by atoms with Crippen molar-refractivity contribution in [2.75, 3.05) is 0 Å². The largest absolute Gasteiger partial charge is 0.360 e. The third kappa shape index (κ3) is 1.54. The van der Waals surface area contributed by atoms with Crippen molar-refractivity contribution < 1.29 is 9.32 Å². The fourth-order valence-electron chi connectivity index (χ4n) is 1.80. The van der Waals surface area contributed by atoms with E-state index in [0.717, 1.165) is 18.6 Å². The minimum Gasteiger partial charge on any atom is -0.360 e. The van der Waals surface area contributed by atoms with Crippen LogP contribution in [0.5, 0.6) is 0 Å². The van der Waals surface area contributed by atoms with Gasteiger partial charge in [0.25, 0.3) is 0 Å². The third-order valence-electron chi connectivity index (χ3n) is 2.83. The van der Waals surface area contributed by atoms with Gasteiger partial charge in [0.05, 0.1) is 11.8 Å². The maximum atomic E-state index is 12.2. The Balaban J connectivity index is 1.97. The molecule has 1 heterocycles. The van der Waals surface area contributed by atoms with Gasteiger partial charge in [-0.3, -0.25) is 4.79 Å². The van der Waals surface area contributed by atoms with Crippen LogP contribution >= 0.6 is 0 Å². The van der Waals surface area contributed by atoms with E-state index in [2.05, 4.69) is 5.16 Å². The van der Waals surface area contributed by atoms with Gasteiger partial charge in [-0.15, -0.1) is 0 Å². The first kappa shape index (κ1) is 9.33. The molecule has 0 aliphatic heterocycles. The van der Waals surface area contributed by atoms with Gasteiger partial charge in [0.1, 0.15) is 0 Å². The number of benzene rings is 1. The molecule has 1 fully saturated rings. The minimum absolute atomic E-state index is 0.00347. The van der Waals surface area contributed by atoms with E-state index in [4.69, 9.17) is 4.52 Å². The Kier molecular flexibility index (Phi) is 2.10. The minimum atomic E-state index is 0.00347. The van der Waals surface area contributed by atoms with Crippen LogP contribution in [0.25, 0.3) is 0 Å². The summed E-state index contributed by atoms with van der Waals surface area (Å²) >= 11 is 0. The molecular weight excluding hydrogens is 202 g/mol. The second kappa shape index (κ2) is 3.59. The Hall–Kier alpha value is -1.90. The first-order valence-corrected chi connectivity index (χ1v) is 5.40. The molecule has 1 saturated carbocycles. The van der Waals surface area contributed by atoms with Gasteiger partial charge < -0.3 is 4.52 Å². The van der Waals surface area contributed by atoms with E-state index in [0.29, 0.717) is 17.0 Å². The Morgan fingerprint density at radius 1 is 1.25 bits per heavy atom. The summed E-state index contributed by atoms with van der Waals surface area (Å²) in [5.41, 5.74) is 1.31. The van der Waals surface area contributed by atoms with Crippen LogP contribution in [0.15, 0.2) is 41.1 Å². The van der Waals surface area contributed by atoms with Crippen LogP contribution in [0.1, 0.15) is 40.4 Å². The average molecular weight is 213 g/mol. The van der Waals surface area contributed by atoms with Gasteiger partial charge in [-0.1, -0.05) is 35.5 Å². The molecule has 0 amide bonds. The second-order valence-corrected chi connectivity index (χ2v) is 4.07. The maximum absolute atomic E-state index is 12.2. The van der Waals surface area contributed by atoms with Gasteiger partial charge >= 0.3 is 0 Å². The highest BCUT2D eigenvalue weighted by Gasteiger charge is 2.32. The first-order chi connectivity index (χ1) is 7.86. The molecule has 0 spiro atoms. The highest BCUT2D eigenvalue weighted by molar-refractivity contribution is 6.09. The van der Waals surface area contributed by atoms with Gasteiger partial charge in [0.15, 0.2) is 11.5 Å². The van der Waals surface area contributed by atoms with E-state index in [1.807, 2.05) is 30.3 Å². The molecule has 3 nitrogen and oxygen atoms in total. The van der Waals surface area contributed by atoms with Crippen molar-refractivity contribution in [3.05, 3.63) is 53.4 Å². The molecule has 0 atom stereocenters. The number of carbonyl (C=O) groups excluding carboxylic acids is 1. The lowest BCUT2D eigenvalue weighted by molar-refractivity contribution is 0.103. The average Bonchev–Trinajstić information content (AvgIpc) is 3.07. The van der Waals surface area contributed by atoms with Gasteiger partial charge in [-0.2, -0.15) is 0 Å². The van der Waals surface area contributed by atoms with Crippen LogP contribution in [-0.2, 0) is 0 Å². The Morgan fingerprint density at radius 3 is 2.69 bits per heavy atom. The van der Waals surface area contributed by atoms with Crippen molar-refractivity contribution in [1.29, 1.82) is 0 Å². The fourth-order valence-corrected chi connectivity index (χ4v) is 1.80. The molecule has 0 bridgehead atoms. The van der Waals surface area contributed by atoms with Crippen LogP contribution in [-0.4, -0.2) is 10.9 Å². The predicted molar refractivity (Wildman–Crippen MR) is 58.4 cm³/mol. The number of nitrogens with zero attached hydrogens (tertiary/aromatic N) is 1. The van der Waals surface area contributed by atoms with E-state index >= 15 is 0 Å². The lowest BCUT2D eigenvalue weighted by atomic mass is 10.0. The Labute approximate surface area is 93.1 Å². The van der Waals surface area contributed by atoms with Crippen LogP contribution in [0.4, 0.5) is 0 Å². The zero-order valence-corrected chi connectivity index (χ0v) is 8.72. The third-order valence-corrected chi connectivity index (χ3v) is 2.83. The number of hydrogen-bond donors (Lipinski definition) is 0. The summed E-state index contributed by atoms with van der Waals surface area (Å²) in [4.78, 5) is 12.2. The van der Waals surface area contributed by atoms with Gasteiger partial charge in [0.2, 0.25) is 0 Å². The van der Waals surface area contributed by atoms with E-state index in [1.54, 1.807) is 0 Å². The Morgan fingerprint density at radius 2 is 2.00 bits per heavy atom. The van der Waals surface area contributed by atoms with Gasteiger partial charge in [0, 0.05) is 11.5 Å². The summed E-state index contributed by atoms with van der Waals surface area (Å²) in [6.07, 6.45) is 3.73. The van der Waals surface area contributed by atoms with Crippen molar-refractivity contribution in [2.45, 2.75) is 18.8 Å². The van der Waals surface area contributed by atoms with Crippen LogP contribution in [0.3, 0.4) is 0 Å². The highest BCUT2D eigenvalue weighted by atomic mass is 16.5. The van der Waals surface area contributed by atoms with Gasteiger partial charge in [-0.25, -0.2) is 0 Å². The molecule has 3 rings (SSSR count). The van der Waals surface area contributed by atoms with Crippen molar-refractivity contribution >= 4 is 5.78 Å². The molecule has 16 heavy (non-hydrogen) atoms. The number of ketones is 1. The molecule has 1 aliphatic carbocycles. The lowest BCUT2D eigenvalue weighted by Crippen LogP contribution is -2.02. The molecular formula is C13H11NO2. The van der Waals surface area contributed by atoms with Crippen LogP contribution < -0.4 is 0 Å². The lowest BCUT2D eigenvalue weighted by Gasteiger charge is -1.99. The van der Waals surface area contributed by atoms with E-state index in [-0.39, 0.29) is 5.78 Å². The van der Waals surface area contributed by atoms with E-state index < -0.39 is 0 Å². The summed E-state index contributed by atoms with van der Waals surface area (Å²) in [5.74, 6) is 1.17. The molecule has 2 aromatic rings. The normalized spacial score (nSPS) is 15.0. The second-order valence-electron chi connectivity index (χ2n) is 4.07. The first-order valence-electron chi connectivity index (χ1n) is 5.40. The SMILES string of the molecule is O=C(c1ccccc1)c1cnoc1C1CC1. The summed E-state index contributed by atoms with van der Waals surface area (Å²) in [5, 5.41) is 3.73. The van der Waals surface area contributed by atoms with Gasteiger partial charge in [-0.05, 0) is 12.8 Å². The van der Waals surface area contributed by atoms with Crippen LogP contribution in [0.2, 0.25) is 0 Å². The highest BCUT2D eigenvalue weighted by Crippen LogP contribution is 2.41. The van der Waals surface area contributed by atoms with E-state index in [1.165, 1.54) is 6.20 Å². The summed E-state index contributed by atoms with van der Waals surface area (Å²) in [7, 11) is 0. The smallest absolute Gasteiger partial charge is 0.198 e. The number of aromatic nitrogens is 1. The molecule has 0 saturated heterocycles. The monoisotopic (exact) mass is 213 g/mol. The zero-order chi connectivity index (χ0) is 11.0. The number of hydrogen-bond acceptors (Lipinski definition) is 3. The summed E-state index contributed by atoms with van der Waals surface area (Å²) in [6, 6.07) is 9.24. The molecule has 1 aromatic carbocycles. The zero-order valence-electron chi connectivity index (χ0n) is 8.72. The van der Waals surface area contributed by atoms with E-state index in [9.17, 15) is 4.79 Å². The number of rotatable bonds is 3. The van der Waals surface area contributed by atoms with Crippen molar-refractivity contribution in [3.63, 3.8) is 0 Å². The van der Waals surface area contributed by atoms with Crippen LogP contribution in [0, 0.1) is 0 Å². The maximum Gasteiger partial charge on any atom is 0.198 e.